The highest BCUT2D eigenvalue weighted by molar-refractivity contribution is 5.93. The summed E-state index contributed by atoms with van der Waals surface area (Å²) >= 11 is 0. The monoisotopic (exact) mass is 262 g/mol. The Labute approximate surface area is 119 Å². The Morgan fingerprint density at radius 2 is 1.75 bits per heavy atom. The average Bonchev–Trinajstić information content (AvgIpc) is 2.48. The van der Waals surface area contributed by atoms with E-state index in [9.17, 15) is 0 Å². The molecule has 2 nitrogen and oxygen atoms in total. The molecule has 1 aromatic heterocycles. The number of nitrogen functional groups attached to an aromatic ring is 1. The minimum atomic E-state index is 0.816. The third-order valence-electron chi connectivity index (χ3n) is 3.51. The Kier molecular flexibility index (Phi) is 3.38. The zero-order valence-corrected chi connectivity index (χ0v) is 11.6. The molecule has 0 unspecified atom stereocenters. The summed E-state index contributed by atoms with van der Waals surface area (Å²) in [6, 6.07) is 18.6. The molecule has 1 heterocycles. The maximum atomic E-state index is 6.19. The van der Waals surface area contributed by atoms with Gasteiger partial charge in [-0.25, -0.2) is 0 Å². The second kappa shape index (κ2) is 5.33. The number of pyridine rings is 1. The van der Waals surface area contributed by atoms with Crippen molar-refractivity contribution in [2.45, 2.75) is 19.8 Å². The molecule has 0 aliphatic carbocycles. The zero-order chi connectivity index (χ0) is 13.9. The molecule has 0 spiro atoms. The SMILES string of the molecule is CCCc1cc(N)c2cc(-c3ccccc3)ccc2n1. The summed E-state index contributed by atoms with van der Waals surface area (Å²) < 4.78 is 0. The van der Waals surface area contributed by atoms with Gasteiger partial charge in [0.05, 0.1) is 5.52 Å². The lowest BCUT2D eigenvalue weighted by atomic mass is 10.0. The van der Waals surface area contributed by atoms with Gasteiger partial charge in [-0.1, -0.05) is 49.7 Å². The van der Waals surface area contributed by atoms with Gasteiger partial charge in [0.25, 0.3) is 0 Å². The number of aryl methyl sites for hydroxylation is 1. The summed E-state index contributed by atoms with van der Waals surface area (Å²) in [5.41, 5.74) is 11.4. The summed E-state index contributed by atoms with van der Waals surface area (Å²) in [4.78, 5) is 4.68. The Hall–Kier alpha value is -2.35. The number of hydrogen-bond donors (Lipinski definition) is 1. The van der Waals surface area contributed by atoms with Crippen LogP contribution in [-0.2, 0) is 6.42 Å². The molecule has 0 aliphatic rings. The van der Waals surface area contributed by atoms with E-state index in [1.807, 2.05) is 24.3 Å². The summed E-state index contributed by atoms with van der Waals surface area (Å²) in [5.74, 6) is 0. The molecule has 2 N–H and O–H groups in total. The van der Waals surface area contributed by atoms with Gasteiger partial charge in [-0.3, -0.25) is 4.98 Å². The average molecular weight is 262 g/mol. The summed E-state index contributed by atoms with van der Waals surface area (Å²) in [7, 11) is 0. The lowest BCUT2D eigenvalue weighted by Gasteiger charge is -2.08. The van der Waals surface area contributed by atoms with Crippen LogP contribution in [0.15, 0.2) is 54.6 Å². The van der Waals surface area contributed by atoms with Crippen LogP contribution in [-0.4, -0.2) is 4.98 Å². The van der Waals surface area contributed by atoms with Gasteiger partial charge in [-0.2, -0.15) is 0 Å². The first kappa shape index (κ1) is 12.7. The van der Waals surface area contributed by atoms with Gasteiger partial charge >= 0.3 is 0 Å². The highest BCUT2D eigenvalue weighted by Crippen LogP contribution is 2.27. The molecule has 3 aromatic rings. The summed E-state index contributed by atoms with van der Waals surface area (Å²) in [6.07, 6.45) is 2.06. The number of anilines is 1. The van der Waals surface area contributed by atoms with E-state index >= 15 is 0 Å². The van der Waals surface area contributed by atoms with E-state index in [2.05, 4.69) is 42.2 Å². The first-order chi connectivity index (χ1) is 9.78. The number of nitrogens with two attached hydrogens (primary N) is 1. The third-order valence-corrected chi connectivity index (χ3v) is 3.51. The predicted molar refractivity (Wildman–Crippen MR) is 85.6 cm³/mol. The molecule has 0 radical (unpaired) electrons. The van der Waals surface area contributed by atoms with Gasteiger partial charge in [0.15, 0.2) is 0 Å². The standard InChI is InChI=1S/C18H18N2/c1-2-6-15-12-17(19)16-11-14(9-10-18(16)20-15)13-7-4-3-5-8-13/h3-5,7-12H,2,6H2,1H3,(H2,19,20). The van der Waals surface area contributed by atoms with E-state index in [1.54, 1.807) is 0 Å². The van der Waals surface area contributed by atoms with E-state index < -0.39 is 0 Å². The Balaban J connectivity index is 2.12. The van der Waals surface area contributed by atoms with Crippen molar-refractivity contribution in [3.05, 3.63) is 60.3 Å². The van der Waals surface area contributed by atoms with Crippen molar-refractivity contribution in [1.29, 1.82) is 0 Å². The minimum absolute atomic E-state index is 0.816. The van der Waals surface area contributed by atoms with E-state index in [0.29, 0.717) is 0 Å². The minimum Gasteiger partial charge on any atom is -0.398 e. The van der Waals surface area contributed by atoms with Crippen LogP contribution in [0, 0.1) is 0 Å². The van der Waals surface area contributed by atoms with Crippen LogP contribution in [0.3, 0.4) is 0 Å². The summed E-state index contributed by atoms with van der Waals surface area (Å²) in [6.45, 7) is 2.15. The molecule has 0 aliphatic heterocycles. The molecule has 0 atom stereocenters. The first-order valence-electron chi connectivity index (χ1n) is 7.02. The van der Waals surface area contributed by atoms with Crippen LogP contribution in [0.5, 0.6) is 0 Å². The van der Waals surface area contributed by atoms with Crippen LogP contribution in [0.25, 0.3) is 22.0 Å². The number of benzene rings is 2. The largest absolute Gasteiger partial charge is 0.398 e. The predicted octanol–water partition coefficient (Wildman–Crippen LogP) is 4.44. The van der Waals surface area contributed by atoms with E-state index in [0.717, 1.165) is 35.1 Å². The molecule has 2 aromatic carbocycles. The van der Waals surface area contributed by atoms with Crippen molar-refractivity contribution in [2.24, 2.45) is 0 Å². The zero-order valence-electron chi connectivity index (χ0n) is 11.6. The van der Waals surface area contributed by atoms with Crippen LogP contribution in [0.4, 0.5) is 5.69 Å². The normalized spacial score (nSPS) is 10.8. The number of fused-ring (bicyclic) bond motifs is 1. The molecule has 2 heteroatoms. The Morgan fingerprint density at radius 1 is 0.950 bits per heavy atom. The Bertz CT molecular complexity index is 733. The maximum Gasteiger partial charge on any atom is 0.0726 e. The van der Waals surface area contributed by atoms with Crippen LogP contribution in [0.1, 0.15) is 19.0 Å². The number of hydrogen-bond acceptors (Lipinski definition) is 2. The molecular weight excluding hydrogens is 244 g/mol. The maximum absolute atomic E-state index is 6.19. The molecule has 0 saturated heterocycles. The van der Waals surface area contributed by atoms with Gasteiger partial charge in [-0.15, -0.1) is 0 Å². The van der Waals surface area contributed by atoms with Gasteiger partial charge in [0.1, 0.15) is 0 Å². The number of aromatic nitrogens is 1. The van der Waals surface area contributed by atoms with Crippen molar-refractivity contribution in [3.63, 3.8) is 0 Å². The number of nitrogens with zero attached hydrogens (tertiary/aromatic N) is 1. The van der Waals surface area contributed by atoms with Gasteiger partial charge in [-0.05, 0) is 35.7 Å². The second-order valence-electron chi connectivity index (χ2n) is 5.05. The third kappa shape index (κ3) is 2.37. The molecule has 0 amide bonds. The topological polar surface area (TPSA) is 38.9 Å². The fraction of sp³-hybridized carbons (Fsp3) is 0.167. The molecule has 0 saturated carbocycles. The lowest BCUT2D eigenvalue weighted by Crippen LogP contribution is -1.95. The van der Waals surface area contributed by atoms with E-state index in [1.165, 1.54) is 11.1 Å². The molecular formula is C18H18N2. The van der Waals surface area contributed by atoms with Gasteiger partial charge < -0.3 is 5.73 Å². The number of rotatable bonds is 3. The van der Waals surface area contributed by atoms with Gasteiger partial charge in [0.2, 0.25) is 0 Å². The molecule has 0 fully saturated rings. The molecule has 0 bridgehead atoms. The smallest absolute Gasteiger partial charge is 0.0726 e. The molecule has 100 valence electrons. The molecule has 3 rings (SSSR count). The lowest BCUT2D eigenvalue weighted by molar-refractivity contribution is 0.890. The molecule has 20 heavy (non-hydrogen) atoms. The fourth-order valence-corrected chi connectivity index (χ4v) is 2.50. The van der Waals surface area contributed by atoms with Crippen molar-refractivity contribution in [3.8, 4) is 11.1 Å². The van der Waals surface area contributed by atoms with Crippen LogP contribution < -0.4 is 5.73 Å². The van der Waals surface area contributed by atoms with E-state index in [4.69, 9.17) is 5.73 Å². The van der Waals surface area contributed by atoms with Gasteiger partial charge in [0, 0.05) is 16.8 Å². The fourth-order valence-electron chi connectivity index (χ4n) is 2.50. The summed E-state index contributed by atoms with van der Waals surface area (Å²) in [5, 5.41) is 1.03. The van der Waals surface area contributed by atoms with E-state index in [-0.39, 0.29) is 0 Å². The van der Waals surface area contributed by atoms with Crippen molar-refractivity contribution in [2.75, 3.05) is 5.73 Å². The highest BCUT2D eigenvalue weighted by atomic mass is 14.7. The van der Waals surface area contributed by atoms with Crippen LogP contribution >= 0.6 is 0 Å². The van der Waals surface area contributed by atoms with Crippen molar-refractivity contribution < 1.29 is 0 Å². The van der Waals surface area contributed by atoms with Crippen molar-refractivity contribution in [1.82, 2.24) is 4.98 Å². The quantitative estimate of drug-likeness (QED) is 0.758. The van der Waals surface area contributed by atoms with Crippen LogP contribution in [0.2, 0.25) is 0 Å². The van der Waals surface area contributed by atoms with Crippen molar-refractivity contribution >= 4 is 16.6 Å². The second-order valence-corrected chi connectivity index (χ2v) is 5.05. The highest BCUT2D eigenvalue weighted by Gasteiger charge is 2.05. The first-order valence-corrected chi connectivity index (χ1v) is 7.02. The Morgan fingerprint density at radius 3 is 2.50 bits per heavy atom.